The first-order chi connectivity index (χ1) is 5.83. The number of nitrogen functional groups attached to an aromatic ring is 1. The zero-order chi connectivity index (χ0) is 8.81. The number of hydrogen-bond acceptors (Lipinski definition) is 4. The molecule has 2 nitrogen and oxygen atoms in total. The van der Waals surface area contributed by atoms with Gasteiger partial charge in [-0.1, -0.05) is 27.7 Å². The second-order valence-corrected chi connectivity index (χ2v) is 4.80. The van der Waals surface area contributed by atoms with Crippen LogP contribution in [0.2, 0.25) is 0 Å². The Bertz CT molecular complexity index is 240. The predicted octanol–water partition coefficient (Wildman–Crippen LogP) is 2.65. The first kappa shape index (κ1) is 9.61. The van der Waals surface area contributed by atoms with E-state index >= 15 is 0 Å². The quantitative estimate of drug-likeness (QED) is 0.339. The van der Waals surface area contributed by atoms with Gasteiger partial charge in [0.15, 0.2) is 0 Å². The smallest absolute Gasteiger partial charge is 0.0713 e. The van der Waals surface area contributed by atoms with E-state index in [9.17, 15) is 0 Å². The third-order valence-corrected chi connectivity index (χ3v) is 2.90. The van der Waals surface area contributed by atoms with Crippen LogP contribution in [0.5, 0.6) is 0 Å². The van der Waals surface area contributed by atoms with Crippen LogP contribution in [-0.4, -0.2) is 12.1 Å². The SMILES string of the molecule is CSSCNc1cccc(N)c1. The van der Waals surface area contributed by atoms with E-state index < -0.39 is 0 Å². The minimum Gasteiger partial charge on any atom is -0.399 e. The van der Waals surface area contributed by atoms with E-state index in [0.717, 1.165) is 17.3 Å². The van der Waals surface area contributed by atoms with Crippen LogP contribution < -0.4 is 11.1 Å². The number of benzene rings is 1. The number of nitrogens with two attached hydrogens (primary N) is 1. The molecule has 0 aliphatic heterocycles. The number of rotatable bonds is 4. The maximum absolute atomic E-state index is 5.61. The Morgan fingerprint density at radius 2 is 2.33 bits per heavy atom. The molecule has 0 saturated carbocycles. The van der Waals surface area contributed by atoms with Crippen molar-refractivity contribution >= 4 is 33.0 Å². The molecule has 4 heteroatoms. The van der Waals surface area contributed by atoms with Crippen molar-refractivity contribution in [1.29, 1.82) is 0 Å². The summed E-state index contributed by atoms with van der Waals surface area (Å²) in [4.78, 5) is 0. The minimum absolute atomic E-state index is 0.800. The molecule has 1 rings (SSSR count). The molecule has 0 aliphatic rings. The van der Waals surface area contributed by atoms with Gasteiger partial charge in [0.05, 0.1) is 5.88 Å². The molecule has 1 aromatic rings. The first-order valence-electron chi connectivity index (χ1n) is 3.58. The van der Waals surface area contributed by atoms with Gasteiger partial charge in [-0.2, -0.15) is 0 Å². The van der Waals surface area contributed by atoms with E-state index in [-0.39, 0.29) is 0 Å². The molecule has 0 radical (unpaired) electrons. The largest absolute Gasteiger partial charge is 0.399 e. The molecule has 0 heterocycles. The van der Waals surface area contributed by atoms with Gasteiger partial charge in [-0.05, 0) is 24.5 Å². The molecular weight excluding hydrogens is 188 g/mol. The number of hydrogen-bond donors (Lipinski definition) is 2. The molecule has 0 fully saturated rings. The van der Waals surface area contributed by atoms with Crippen LogP contribution in [0.25, 0.3) is 0 Å². The summed E-state index contributed by atoms with van der Waals surface area (Å²) < 4.78 is 0. The van der Waals surface area contributed by atoms with Gasteiger partial charge in [-0.25, -0.2) is 0 Å². The molecule has 0 aliphatic carbocycles. The van der Waals surface area contributed by atoms with Crippen LogP contribution in [0.4, 0.5) is 11.4 Å². The summed E-state index contributed by atoms with van der Waals surface area (Å²) >= 11 is 0. The van der Waals surface area contributed by atoms with Gasteiger partial charge in [0.1, 0.15) is 0 Å². The second-order valence-electron chi connectivity index (χ2n) is 2.23. The van der Waals surface area contributed by atoms with Crippen molar-refractivity contribution < 1.29 is 0 Å². The van der Waals surface area contributed by atoms with E-state index in [1.807, 2.05) is 24.3 Å². The van der Waals surface area contributed by atoms with Gasteiger partial charge >= 0.3 is 0 Å². The third-order valence-electron chi connectivity index (χ3n) is 1.34. The van der Waals surface area contributed by atoms with Crippen molar-refractivity contribution in [3.8, 4) is 0 Å². The molecule has 0 atom stereocenters. The van der Waals surface area contributed by atoms with Crippen LogP contribution in [0.3, 0.4) is 0 Å². The standard InChI is InChI=1S/C8H12N2S2/c1-11-12-6-10-8-4-2-3-7(9)5-8/h2-5,10H,6,9H2,1H3. The molecule has 0 saturated heterocycles. The third kappa shape index (κ3) is 3.28. The Hall–Kier alpha value is -0.480. The molecule has 0 unspecified atom stereocenters. The van der Waals surface area contributed by atoms with E-state index in [2.05, 4.69) is 11.6 Å². The minimum atomic E-state index is 0.800. The van der Waals surface area contributed by atoms with Crippen molar-refractivity contribution in [2.24, 2.45) is 0 Å². The zero-order valence-corrected chi connectivity index (χ0v) is 8.54. The normalized spacial score (nSPS) is 9.75. The monoisotopic (exact) mass is 200 g/mol. The lowest BCUT2D eigenvalue weighted by molar-refractivity contribution is 1.47. The molecule has 66 valence electrons. The van der Waals surface area contributed by atoms with Crippen molar-refractivity contribution in [2.45, 2.75) is 0 Å². The van der Waals surface area contributed by atoms with Gasteiger partial charge < -0.3 is 11.1 Å². The van der Waals surface area contributed by atoms with Crippen LogP contribution in [-0.2, 0) is 0 Å². The number of nitrogens with one attached hydrogen (secondary N) is 1. The fraction of sp³-hybridized carbons (Fsp3) is 0.250. The summed E-state index contributed by atoms with van der Waals surface area (Å²) in [5.41, 5.74) is 7.49. The lowest BCUT2D eigenvalue weighted by atomic mass is 10.3. The molecule has 12 heavy (non-hydrogen) atoms. The highest BCUT2D eigenvalue weighted by Gasteiger charge is 1.90. The molecule has 0 amide bonds. The van der Waals surface area contributed by atoms with Gasteiger partial charge in [0, 0.05) is 11.4 Å². The van der Waals surface area contributed by atoms with E-state index in [0.29, 0.717) is 0 Å². The molecular formula is C8H12N2S2. The summed E-state index contributed by atoms with van der Waals surface area (Å²) in [6.07, 6.45) is 2.06. The van der Waals surface area contributed by atoms with Crippen LogP contribution in [0.1, 0.15) is 0 Å². The summed E-state index contributed by atoms with van der Waals surface area (Å²) in [6, 6.07) is 7.77. The Kier molecular flexibility index (Phi) is 4.18. The molecule has 3 N–H and O–H groups in total. The lowest BCUT2D eigenvalue weighted by Crippen LogP contribution is -1.96. The second kappa shape index (κ2) is 5.22. The van der Waals surface area contributed by atoms with E-state index in [1.165, 1.54) is 0 Å². The lowest BCUT2D eigenvalue weighted by Gasteiger charge is -2.04. The van der Waals surface area contributed by atoms with Crippen molar-refractivity contribution in [3.05, 3.63) is 24.3 Å². The summed E-state index contributed by atoms with van der Waals surface area (Å²) in [6.45, 7) is 0. The van der Waals surface area contributed by atoms with E-state index in [1.54, 1.807) is 21.6 Å². The van der Waals surface area contributed by atoms with Gasteiger partial charge in [-0.15, -0.1) is 0 Å². The van der Waals surface area contributed by atoms with Crippen molar-refractivity contribution in [1.82, 2.24) is 0 Å². The highest BCUT2D eigenvalue weighted by Crippen LogP contribution is 2.18. The van der Waals surface area contributed by atoms with Gasteiger partial charge in [0.2, 0.25) is 0 Å². The highest BCUT2D eigenvalue weighted by atomic mass is 33.1. The Morgan fingerprint density at radius 3 is 3.00 bits per heavy atom. The van der Waals surface area contributed by atoms with Crippen LogP contribution in [0, 0.1) is 0 Å². The Morgan fingerprint density at radius 1 is 1.50 bits per heavy atom. The molecule has 0 spiro atoms. The summed E-state index contributed by atoms with van der Waals surface area (Å²) in [7, 11) is 3.52. The Balaban J connectivity index is 2.41. The fourth-order valence-electron chi connectivity index (χ4n) is 0.820. The average molecular weight is 200 g/mol. The molecule has 0 aromatic heterocycles. The highest BCUT2D eigenvalue weighted by molar-refractivity contribution is 8.76. The zero-order valence-electron chi connectivity index (χ0n) is 6.91. The van der Waals surface area contributed by atoms with E-state index in [4.69, 9.17) is 5.73 Å². The topological polar surface area (TPSA) is 38.0 Å². The summed E-state index contributed by atoms with van der Waals surface area (Å²) in [5, 5.41) is 3.25. The van der Waals surface area contributed by atoms with Crippen molar-refractivity contribution in [2.75, 3.05) is 23.2 Å². The predicted molar refractivity (Wildman–Crippen MR) is 60.5 cm³/mol. The van der Waals surface area contributed by atoms with Crippen LogP contribution in [0.15, 0.2) is 24.3 Å². The molecule has 1 aromatic carbocycles. The maximum Gasteiger partial charge on any atom is 0.0713 e. The maximum atomic E-state index is 5.61. The molecule has 0 bridgehead atoms. The van der Waals surface area contributed by atoms with Crippen LogP contribution >= 0.6 is 21.6 Å². The van der Waals surface area contributed by atoms with Gasteiger partial charge in [-0.3, -0.25) is 0 Å². The van der Waals surface area contributed by atoms with Crippen molar-refractivity contribution in [3.63, 3.8) is 0 Å². The summed E-state index contributed by atoms with van der Waals surface area (Å²) in [5.74, 6) is 0.907. The average Bonchev–Trinajstić information content (AvgIpc) is 2.05. The first-order valence-corrected chi connectivity index (χ1v) is 6.30. The Labute approximate surface area is 80.7 Å². The number of anilines is 2. The van der Waals surface area contributed by atoms with Gasteiger partial charge in [0.25, 0.3) is 0 Å². The fourth-order valence-corrected chi connectivity index (χ4v) is 1.69.